The highest BCUT2D eigenvalue weighted by Gasteiger charge is 2.61. The summed E-state index contributed by atoms with van der Waals surface area (Å²) in [6, 6.07) is 37.8. The quantitative estimate of drug-likeness (QED) is 0.115. The van der Waals surface area contributed by atoms with E-state index in [1.54, 1.807) is 4.90 Å². The summed E-state index contributed by atoms with van der Waals surface area (Å²) in [5.41, 5.74) is 3.96. The Morgan fingerprint density at radius 1 is 0.566 bits per heavy atom. The molecule has 0 saturated heterocycles. The van der Waals surface area contributed by atoms with Crippen LogP contribution < -0.4 is 5.73 Å². The van der Waals surface area contributed by atoms with Crippen LogP contribution in [0.2, 0.25) is 0 Å². The molecule has 1 fully saturated rings. The zero-order chi connectivity index (χ0) is 38.5. The summed E-state index contributed by atoms with van der Waals surface area (Å²) in [4.78, 5) is 31.5. The summed E-state index contributed by atoms with van der Waals surface area (Å²) >= 11 is 0. The molecule has 1 aliphatic carbocycles. The maximum atomic E-state index is 16.0. The van der Waals surface area contributed by atoms with Gasteiger partial charge in [-0.1, -0.05) is 176 Å². The second kappa shape index (κ2) is 16.0. The highest BCUT2D eigenvalue weighted by Crippen LogP contribution is 2.49. The molecular weight excluding hydrogens is 657 g/mol. The molecule has 282 valence electrons. The van der Waals surface area contributed by atoms with Gasteiger partial charge in [-0.05, 0) is 45.9 Å². The molecule has 0 heterocycles. The molecule has 0 bridgehead atoms. The van der Waals surface area contributed by atoms with Gasteiger partial charge in [0.15, 0.2) is 0 Å². The minimum Gasteiger partial charge on any atom is -0.387 e. The van der Waals surface area contributed by atoms with E-state index in [0.717, 1.165) is 22.3 Å². The van der Waals surface area contributed by atoms with E-state index in [2.05, 4.69) is 41.5 Å². The molecule has 6 heteroatoms. The zero-order valence-electron chi connectivity index (χ0n) is 32.6. The van der Waals surface area contributed by atoms with Crippen LogP contribution in [0.25, 0.3) is 0 Å². The normalized spacial score (nSPS) is 16.2. The Hall–Kier alpha value is -4.26. The molecule has 6 nitrogen and oxygen atoms in total. The van der Waals surface area contributed by atoms with Crippen molar-refractivity contribution in [1.82, 2.24) is 4.90 Å². The maximum Gasteiger partial charge on any atom is 0.238 e. The van der Waals surface area contributed by atoms with Gasteiger partial charge in [-0.25, -0.2) is 0 Å². The van der Waals surface area contributed by atoms with Crippen LogP contribution in [0.4, 0.5) is 0 Å². The monoisotopic (exact) mass is 716 g/mol. The van der Waals surface area contributed by atoms with E-state index in [-0.39, 0.29) is 25.7 Å². The van der Waals surface area contributed by atoms with Crippen LogP contribution in [0, 0.1) is 16.2 Å². The van der Waals surface area contributed by atoms with Gasteiger partial charge in [-0.15, -0.1) is 0 Å². The van der Waals surface area contributed by atoms with E-state index in [0.29, 0.717) is 25.7 Å². The van der Waals surface area contributed by atoms with Gasteiger partial charge in [0.05, 0.1) is 23.3 Å². The summed E-state index contributed by atoms with van der Waals surface area (Å²) in [7, 11) is 0. The Morgan fingerprint density at radius 2 is 0.830 bits per heavy atom. The van der Waals surface area contributed by atoms with Crippen molar-refractivity contribution in [3.05, 3.63) is 144 Å². The molecule has 4 aromatic rings. The molecule has 2 unspecified atom stereocenters. The molecule has 0 aliphatic heterocycles. The third-order valence-corrected chi connectivity index (χ3v) is 11.2. The zero-order valence-corrected chi connectivity index (χ0v) is 32.6. The van der Waals surface area contributed by atoms with Crippen LogP contribution in [0.5, 0.6) is 0 Å². The van der Waals surface area contributed by atoms with Crippen molar-refractivity contribution >= 4 is 11.8 Å². The Balaban J connectivity index is 1.85. The van der Waals surface area contributed by atoms with E-state index in [4.69, 9.17) is 5.73 Å². The number of nitrogens with zero attached hydrogens (tertiary/aromatic N) is 1. The first-order valence-electron chi connectivity index (χ1n) is 19.2. The first kappa shape index (κ1) is 39.9. The lowest BCUT2D eigenvalue weighted by Gasteiger charge is -2.59. The number of nitrogens with two attached hydrogens (primary N) is 1. The van der Waals surface area contributed by atoms with Crippen molar-refractivity contribution in [3.8, 4) is 0 Å². The first-order valence-corrected chi connectivity index (χ1v) is 19.2. The first-order chi connectivity index (χ1) is 25.0. The fraction of sp³-hybridized carbons (Fsp3) is 0.447. The smallest absolute Gasteiger partial charge is 0.238 e. The molecule has 0 radical (unpaired) electrons. The summed E-state index contributed by atoms with van der Waals surface area (Å²) in [5, 5.41) is 27.3. The van der Waals surface area contributed by atoms with Gasteiger partial charge < -0.3 is 20.8 Å². The maximum absolute atomic E-state index is 16.0. The van der Waals surface area contributed by atoms with E-state index >= 15 is 4.79 Å². The average Bonchev–Trinajstić information content (AvgIpc) is 3.60. The van der Waals surface area contributed by atoms with Gasteiger partial charge in [-0.2, -0.15) is 0 Å². The summed E-state index contributed by atoms with van der Waals surface area (Å²) in [5.74, 6) is -1.05. The molecule has 0 aromatic heterocycles. The number of carbonyl (C=O) groups excluding carboxylic acids is 2. The third kappa shape index (κ3) is 9.10. The third-order valence-electron chi connectivity index (χ3n) is 11.2. The Morgan fingerprint density at radius 3 is 1.06 bits per heavy atom. The minimum absolute atomic E-state index is 0.241. The molecular formula is C47H60N2O4. The van der Waals surface area contributed by atoms with E-state index < -0.39 is 51.3 Å². The second-order valence-corrected chi connectivity index (χ2v) is 17.8. The number of primary amides is 1. The molecule has 1 aliphatic rings. The number of amides is 2. The second-order valence-electron chi connectivity index (χ2n) is 17.8. The molecule has 4 aromatic carbocycles. The number of aliphatic hydroxyl groups is 2. The van der Waals surface area contributed by atoms with Crippen LogP contribution in [0.15, 0.2) is 121 Å². The van der Waals surface area contributed by atoms with Crippen LogP contribution in [-0.2, 0) is 35.3 Å². The molecule has 2 atom stereocenters. The van der Waals surface area contributed by atoms with Crippen LogP contribution in [0.3, 0.4) is 0 Å². The SMILES string of the molecule is CC(C)(C)C(N(C(=O)C1(C(N)=O)CCCC1)C(C(C)(C)C)C(O)(Cc1ccccc1)Cc1ccccc1)C(O)(Cc1ccccc1)Cc1ccccc1. The lowest BCUT2D eigenvalue weighted by Crippen LogP contribution is -2.73. The molecule has 4 N–H and O–H groups in total. The van der Waals surface area contributed by atoms with Gasteiger partial charge in [0.1, 0.15) is 5.41 Å². The largest absolute Gasteiger partial charge is 0.387 e. The Labute approximate surface area is 317 Å². The summed E-state index contributed by atoms with van der Waals surface area (Å²) in [6.07, 6.45) is 3.01. The summed E-state index contributed by atoms with van der Waals surface area (Å²) in [6.45, 7) is 12.3. The van der Waals surface area contributed by atoms with Gasteiger partial charge in [0.25, 0.3) is 0 Å². The van der Waals surface area contributed by atoms with Crippen molar-refractivity contribution in [3.63, 3.8) is 0 Å². The molecule has 2 amide bonds. The number of hydrogen-bond donors (Lipinski definition) is 3. The van der Waals surface area contributed by atoms with E-state index in [9.17, 15) is 15.0 Å². The lowest BCUT2D eigenvalue weighted by atomic mass is 9.64. The van der Waals surface area contributed by atoms with Crippen LogP contribution >= 0.6 is 0 Å². The predicted octanol–water partition coefficient (Wildman–Crippen LogP) is 8.12. The minimum atomic E-state index is -1.54. The number of benzene rings is 4. The fourth-order valence-electron chi connectivity index (χ4n) is 9.45. The van der Waals surface area contributed by atoms with Gasteiger partial charge >= 0.3 is 0 Å². The van der Waals surface area contributed by atoms with Crippen molar-refractivity contribution in [1.29, 1.82) is 0 Å². The Bertz CT molecular complexity index is 1580. The topological polar surface area (TPSA) is 104 Å². The lowest BCUT2D eigenvalue weighted by molar-refractivity contribution is -0.190. The molecule has 0 spiro atoms. The standard InChI is InChI=1S/C47H60N2O4/c1-43(2,3)39(46(52,31-35-21-11-7-12-22-35)32-36-23-13-8-14-24-36)49(42(51)45(41(48)50)29-19-20-30-45)40(44(4,5)6)47(53,33-37-25-15-9-16-26-37)34-38-27-17-10-18-28-38/h7-18,21-28,39-40,52-53H,19-20,29-34H2,1-6H3,(H2,48,50). The average molecular weight is 717 g/mol. The number of carbonyl (C=O) groups is 2. The highest BCUT2D eigenvalue weighted by molar-refractivity contribution is 6.05. The molecule has 53 heavy (non-hydrogen) atoms. The van der Waals surface area contributed by atoms with Crippen molar-refractivity contribution < 1.29 is 19.8 Å². The Kier molecular flexibility index (Phi) is 12.1. The van der Waals surface area contributed by atoms with Crippen molar-refractivity contribution in [2.45, 2.75) is 116 Å². The van der Waals surface area contributed by atoms with Gasteiger partial charge in [0.2, 0.25) is 11.8 Å². The molecule has 1 saturated carbocycles. The van der Waals surface area contributed by atoms with Gasteiger partial charge in [0, 0.05) is 25.7 Å². The molecule has 5 rings (SSSR count). The predicted molar refractivity (Wildman–Crippen MR) is 214 cm³/mol. The summed E-state index contributed by atoms with van der Waals surface area (Å²) < 4.78 is 0. The number of hydrogen-bond acceptors (Lipinski definition) is 4. The van der Waals surface area contributed by atoms with Crippen molar-refractivity contribution in [2.75, 3.05) is 0 Å². The van der Waals surface area contributed by atoms with Crippen LogP contribution in [0.1, 0.15) is 89.5 Å². The van der Waals surface area contributed by atoms with E-state index in [1.165, 1.54) is 0 Å². The fourth-order valence-corrected chi connectivity index (χ4v) is 9.45. The highest BCUT2D eigenvalue weighted by atomic mass is 16.3. The van der Waals surface area contributed by atoms with Gasteiger partial charge in [-0.3, -0.25) is 9.59 Å². The van der Waals surface area contributed by atoms with Crippen LogP contribution in [-0.4, -0.2) is 50.2 Å². The number of rotatable bonds is 14. The van der Waals surface area contributed by atoms with Crippen molar-refractivity contribution in [2.24, 2.45) is 22.0 Å². The van der Waals surface area contributed by atoms with E-state index in [1.807, 2.05) is 121 Å².